The maximum absolute atomic E-state index is 13.3. The number of carbonyl (C=O) groups excluding carboxylic acids is 2. The summed E-state index contributed by atoms with van der Waals surface area (Å²) >= 11 is 0. The quantitative estimate of drug-likeness (QED) is 0.212. The molecule has 0 radical (unpaired) electrons. The fourth-order valence-electron chi connectivity index (χ4n) is 5.56. The zero-order valence-electron chi connectivity index (χ0n) is 24.6. The van der Waals surface area contributed by atoms with Crippen LogP contribution in [0.4, 0.5) is 29.2 Å². The summed E-state index contributed by atoms with van der Waals surface area (Å²) in [6.45, 7) is 2.38. The molecule has 5 aromatic rings. The second-order valence-electron chi connectivity index (χ2n) is 11.6. The van der Waals surface area contributed by atoms with E-state index in [0.717, 1.165) is 22.8 Å². The molecule has 2 amide bonds. The minimum Gasteiger partial charge on any atom is -0.404 e. The average Bonchev–Trinajstić information content (AvgIpc) is 3.41. The molecular weight excluding hydrogens is 620 g/mol. The Morgan fingerprint density at radius 3 is 2.30 bits per heavy atom. The van der Waals surface area contributed by atoms with Gasteiger partial charge >= 0.3 is 6.36 Å². The van der Waals surface area contributed by atoms with Gasteiger partial charge in [0, 0.05) is 42.5 Å². The number of ether oxygens (including phenoxy) is 2. The molecule has 14 heteroatoms. The van der Waals surface area contributed by atoms with Gasteiger partial charge in [0.2, 0.25) is 5.95 Å². The maximum atomic E-state index is 13.3. The second kappa shape index (κ2) is 11.7. The third-order valence-corrected chi connectivity index (χ3v) is 8.03. The van der Waals surface area contributed by atoms with Crippen LogP contribution in [-0.2, 0) is 11.3 Å². The van der Waals surface area contributed by atoms with Crippen LogP contribution >= 0.6 is 0 Å². The smallest absolute Gasteiger partial charge is 0.404 e. The van der Waals surface area contributed by atoms with Gasteiger partial charge in [-0.2, -0.15) is 4.98 Å². The van der Waals surface area contributed by atoms with E-state index < -0.39 is 18.0 Å². The summed E-state index contributed by atoms with van der Waals surface area (Å²) in [5.74, 6) is -1.61. The minimum atomic E-state index is -5.00. The van der Waals surface area contributed by atoms with Crippen LogP contribution in [0, 0.1) is 11.2 Å². The fourth-order valence-corrected chi connectivity index (χ4v) is 5.56. The van der Waals surface area contributed by atoms with Gasteiger partial charge in [0.15, 0.2) is 11.4 Å². The van der Waals surface area contributed by atoms with Gasteiger partial charge in [0.05, 0.1) is 24.3 Å². The van der Waals surface area contributed by atoms with Gasteiger partial charge in [-0.3, -0.25) is 9.59 Å². The number of hydrogen-bond acceptors (Lipinski definition) is 7. The lowest BCUT2D eigenvalue weighted by Gasteiger charge is -2.54. The van der Waals surface area contributed by atoms with Crippen molar-refractivity contribution < 1.29 is 36.6 Å². The molecule has 2 aromatic heterocycles. The van der Waals surface area contributed by atoms with Crippen molar-refractivity contribution in [2.75, 3.05) is 31.6 Å². The Morgan fingerprint density at radius 2 is 1.62 bits per heavy atom. The van der Waals surface area contributed by atoms with E-state index in [1.165, 1.54) is 28.8 Å². The molecule has 3 aromatic carbocycles. The largest absolute Gasteiger partial charge is 0.573 e. The SMILES string of the molecule is O=C(NCc1ccc(F)cc1)c1ccc(-c2ccc3nc(Nc4ccc(C(=O)N5CC6(COC6)C5)cc4OC(F)(F)F)nn3c2)cc1. The van der Waals surface area contributed by atoms with E-state index in [1.807, 2.05) is 0 Å². The molecular formula is C33H26F4N6O4. The first-order valence-corrected chi connectivity index (χ1v) is 14.6. The highest BCUT2D eigenvalue weighted by atomic mass is 19.4. The molecule has 10 nitrogen and oxygen atoms in total. The van der Waals surface area contributed by atoms with E-state index in [4.69, 9.17) is 4.74 Å². The van der Waals surface area contributed by atoms with Crippen molar-refractivity contribution in [2.45, 2.75) is 12.9 Å². The molecule has 2 saturated heterocycles. The zero-order chi connectivity index (χ0) is 32.8. The Kier molecular flexibility index (Phi) is 7.51. The van der Waals surface area contributed by atoms with Gasteiger partial charge in [0.1, 0.15) is 5.82 Å². The van der Waals surface area contributed by atoms with Crippen LogP contribution < -0.4 is 15.4 Å². The molecule has 0 bridgehead atoms. The molecule has 240 valence electrons. The van der Waals surface area contributed by atoms with Crippen LogP contribution in [0.1, 0.15) is 26.3 Å². The molecule has 1 spiro atoms. The molecule has 4 heterocycles. The first-order valence-electron chi connectivity index (χ1n) is 14.6. The van der Waals surface area contributed by atoms with Gasteiger partial charge in [-0.25, -0.2) is 8.91 Å². The van der Waals surface area contributed by atoms with E-state index in [2.05, 4.69) is 25.5 Å². The lowest BCUT2D eigenvalue weighted by Crippen LogP contribution is -2.67. The van der Waals surface area contributed by atoms with E-state index in [-0.39, 0.29) is 40.9 Å². The van der Waals surface area contributed by atoms with Gasteiger partial charge in [-0.05, 0) is 65.7 Å². The Hall–Kier alpha value is -5.50. The van der Waals surface area contributed by atoms with Crippen LogP contribution in [0.3, 0.4) is 0 Å². The Morgan fingerprint density at radius 1 is 0.915 bits per heavy atom. The van der Waals surface area contributed by atoms with Gasteiger partial charge < -0.3 is 25.0 Å². The highest BCUT2D eigenvalue weighted by molar-refractivity contribution is 5.96. The standard InChI is InChI=1S/C33H26F4N6O4/c34-25-9-1-20(2-10-25)14-38-29(44)22-5-3-21(4-6-22)24-8-12-28-40-31(41-43(28)15-24)39-26-11-7-23(13-27(26)47-33(35,36)37)30(45)42-16-32(17-42)18-46-19-32/h1-13,15H,14,16-19H2,(H,38,44)(H,39,41). The predicted molar refractivity (Wildman–Crippen MR) is 162 cm³/mol. The monoisotopic (exact) mass is 646 g/mol. The number of halogens is 4. The first kappa shape index (κ1) is 30.2. The fraction of sp³-hybridized carbons (Fsp3) is 0.212. The highest BCUT2D eigenvalue weighted by Gasteiger charge is 2.50. The molecule has 7 rings (SSSR count). The molecule has 2 N–H and O–H groups in total. The van der Waals surface area contributed by atoms with Gasteiger partial charge in [0.25, 0.3) is 11.8 Å². The average molecular weight is 647 g/mol. The number of alkyl halides is 3. The Balaban J connectivity index is 1.05. The van der Waals surface area contributed by atoms with Crippen LogP contribution in [0.25, 0.3) is 16.8 Å². The van der Waals surface area contributed by atoms with Crippen LogP contribution in [0.15, 0.2) is 85.1 Å². The van der Waals surface area contributed by atoms with E-state index in [0.29, 0.717) is 37.5 Å². The predicted octanol–water partition coefficient (Wildman–Crippen LogP) is 5.58. The highest BCUT2D eigenvalue weighted by Crippen LogP contribution is 2.39. The van der Waals surface area contributed by atoms with Crippen molar-refractivity contribution in [1.82, 2.24) is 24.8 Å². The van der Waals surface area contributed by atoms with Crippen LogP contribution in [0.2, 0.25) is 0 Å². The zero-order valence-corrected chi connectivity index (χ0v) is 24.6. The number of likely N-dealkylation sites (tertiary alicyclic amines) is 1. The van der Waals surface area contributed by atoms with Crippen molar-refractivity contribution in [3.63, 3.8) is 0 Å². The molecule has 0 aliphatic carbocycles. The van der Waals surface area contributed by atoms with E-state index in [1.54, 1.807) is 59.6 Å². The third-order valence-electron chi connectivity index (χ3n) is 8.03. The van der Waals surface area contributed by atoms with Crippen molar-refractivity contribution in [1.29, 1.82) is 0 Å². The number of pyridine rings is 1. The summed E-state index contributed by atoms with van der Waals surface area (Å²) in [6, 6.07) is 20.0. The summed E-state index contributed by atoms with van der Waals surface area (Å²) in [5, 5.41) is 9.93. The van der Waals surface area contributed by atoms with Crippen molar-refractivity contribution in [3.05, 3.63) is 108 Å². The maximum Gasteiger partial charge on any atom is 0.573 e. The summed E-state index contributed by atoms with van der Waals surface area (Å²) in [5.41, 5.74) is 3.11. The number of carbonyl (C=O) groups is 2. The normalized spacial score (nSPS) is 15.2. The van der Waals surface area contributed by atoms with Crippen molar-refractivity contribution in [2.24, 2.45) is 5.41 Å². The molecule has 0 atom stereocenters. The Bertz CT molecular complexity index is 1970. The molecule has 47 heavy (non-hydrogen) atoms. The van der Waals surface area contributed by atoms with E-state index >= 15 is 0 Å². The van der Waals surface area contributed by atoms with Crippen LogP contribution in [0.5, 0.6) is 5.75 Å². The van der Waals surface area contributed by atoms with E-state index in [9.17, 15) is 27.2 Å². The number of anilines is 2. The number of amides is 2. The molecule has 2 fully saturated rings. The molecule has 2 aliphatic rings. The lowest BCUT2D eigenvalue weighted by atomic mass is 9.78. The number of nitrogens with zero attached hydrogens (tertiary/aromatic N) is 4. The topological polar surface area (TPSA) is 110 Å². The van der Waals surface area contributed by atoms with Crippen molar-refractivity contribution >= 4 is 29.1 Å². The minimum absolute atomic E-state index is 0.0103. The summed E-state index contributed by atoms with van der Waals surface area (Å²) in [6.07, 6.45) is -3.30. The number of benzene rings is 3. The van der Waals surface area contributed by atoms with Gasteiger partial charge in [-0.1, -0.05) is 24.3 Å². The summed E-state index contributed by atoms with van der Waals surface area (Å²) in [7, 11) is 0. The molecule has 2 aliphatic heterocycles. The summed E-state index contributed by atoms with van der Waals surface area (Å²) in [4.78, 5) is 31.4. The van der Waals surface area contributed by atoms with Crippen molar-refractivity contribution in [3.8, 4) is 16.9 Å². The second-order valence-corrected chi connectivity index (χ2v) is 11.6. The molecule has 0 unspecified atom stereocenters. The third kappa shape index (κ3) is 6.45. The number of aromatic nitrogens is 3. The Labute approximate surface area is 264 Å². The van der Waals surface area contributed by atoms with Gasteiger partial charge in [-0.15, -0.1) is 18.3 Å². The number of hydrogen-bond donors (Lipinski definition) is 2. The van der Waals surface area contributed by atoms with Crippen LogP contribution in [-0.4, -0.2) is 64.0 Å². The number of nitrogens with one attached hydrogen (secondary N) is 2. The lowest BCUT2D eigenvalue weighted by molar-refractivity contribution is -0.274. The first-order chi connectivity index (χ1) is 22.5. The molecule has 0 saturated carbocycles. The number of fused-ring (bicyclic) bond motifs is 1. The summed E-state index contributed by atoms with van der Waals surface area (Å²) < 4.78 is 64.0. The number of rotatable bonds is 8.